The largest absolute Gasteiger partial charge is 0.463 e. The number of carbonyl (C=O) groups is 2. The first-order valence-electron chi connectivity index (χ1n) is 12.9. The number of esters is 1. The van der Waals surface area contributed by atoms with Crippen LogP contribution in [0.4, 0.5) is 0 Å². The van der Waals surface area contributed by atoms with E-state index in [0.29, 0.717) is 59.0 Å². The molecule has 2 aromatic carbocycles. The molecule has 0 heterocycles. The second-order valence-corrected chi connectivity index (χ2v) is 8.77. The zero-order chi connectivity index (χ0) is 26.8. The van der Waals surface area contributed by atoms with Gasteiger partial charge in [0.2, 0.25) is 0 Å². The molecule has 0 aliphatic heterocycles. The Morgan fingerprint density at radius 2 is 1.41 bits per heavy atom. The fourth-order valence-corrected chi connectivity index (χ4v) is 3.75. The van der Waals surface area contributed by atoms with Gasteiger partial charge in [0.15, 0.2) is 0 Å². The van der Waals surface area contributed by atoms with Crippen molar-refractivity contribution in [1.82, 2.24) is 4.90 Å². The molecule has 0 radical (unpaired) electrons. The Morgan fingerprint density at radius 3 is 1.89 bits per heavy atom. The number of benzene rings is 2. The van der Waals surface area contributed by atoms with Crippen molar-refractivity contribution in [2.75, 3.05) is 32.9 Å². The number of amides is 1. The van der Waals surface area contributed by atoms with Gasteiger partial charge < -0.3 is 19.1 Å². The van der Waals surface area contributed by atoms with Crippen LogP contribution in [0.15, 0.2) is 72.8 Å². The third kappa shape index (κ3) is 11.5. The summed E-state index contributed by atoms with van der Waals surface area (Å²) < 4.78 is 17.3. The summed E-state index contributed by atoms with van der Waals surface area (Å²) >= 11 is 0. The van der Waals surface area contributed by atoms with Crippen molar-refractivity contribution in [1.29, 1.82) is 0 Å². The molecule has 2 rings (SSSR count). The number of hydrogen-bond acceptors (Lipinski definition) is 5. The third-order valence-electron chi connectivity index (χ3n) is 5.84. The molecule has 1 amide bonds. The fourth-order valence-electron chi connectivity index (χ4n) is 3.75. The van der Waals surface area contributed by atoms with Gasteiger partial charge in [-0.1, -0.05) is 72.7 Å². The molecule has 0 N–H and O–H groups in total. The van der Waals surface area contributed by atoms with Crippen LogP contribution in [0.5, 0.6) is 0 Å². The summed E-state index contributed by atoms with van der Waals surface area (Å²) in [5.74, 6) is 5.28. The van der Waals surface area contributed by atoms with Crippen molar-refractivity contribution in [3.05, 3.63) is 83.9 Å². The van der Waals surface area contributed by atoms with E-state index in [1.165, 1.54) is 6.08 Å². The van der Waals surface area contributed by atoms with Crippen LogP contribution in [-0.2, 0) is 37.0 Å². The topological polar surface area (TPSA) is 65.1 Å². The van der Waals surface area contributed by atoms with Crippen LogP contribution in [0.3, 0.4) is 0 Å². The first-order chi connectivity index (χ1) is 18.0. The maximum Gasteiger partial charge on any atom is 0.330 e. The number of hydrogen-bond donors (Lipinski definition) is 0. The Morgan fingerprint density at radius 1 is 0.865 bits per heavy atom. The van der Waals surface area contributed by atoms with Gasteiger partial charge in [0.1, 0.15) is 0 Å². The van der Waals surface area contributed by atoms with E-state index in [2.05, 4.69) is 11.8 Å². The third-order valence-corrected chi connectivity index (χ3v) is 5.84. The number of allylic oxidation sites excluding steroid dienone is 1. The quantitative estimate of drug-likeness (QED) is 0.190. The zero-order valence-corrected chi connectivity index (χ0v) is 22.3. The molecule has 0 aliphatic carbocycles. The predicted molar refractivity (Wildman–Crippen MR) is 145 cm³/mol. The maximum atomic E-state index is 12.5. The van der Waals surface area contributed by atoms with Crippen LogP contribution in [0.1, 0.15) is 44.7 Å². The van der Waals surface area contributed by atoms with Crippen LogP contribution < -0.4 is 0 Å². The van der Waals surface area contributed by atoms with Gasteiger partial charge in [0.05, 0.1) is 33.0 Å². The summed E-state index contributed by atoms with van der Waals surface area (Å²) in [6.07, 6.45) is 4.06. The second-order valence-electron chi connectivity index (χ2n) is 8.77. The monoisotopic (exact) mass is 505 g/mol. The highest BCUT2D eigenvalue weighted by atomic mass is 16.5. The van der Waals surface area contributed by atoms with Crippen molar-refractivity contribution in [2.45, 2.75) is 46.8 Å². The van der Waals surface area contributed by atoms with E-state index >= 15 is 0 Å². The molecule has 0 aromatic heterocycles. The molecule has 0 saturated carbocycles. The van der Waals surface area contributed by atoms with Gasteiger partial charge >= 0.3 is 5.97 Å². The smallest absolute Gasteiger partial charge is 0.330 e. The van der Waals surface area contributed by atoms with Crippen LogP contribution in [0.25, 0.3) is 0 Å². The number of ether oxygens (including phenoxy) is 3. The Bertz CT molecular complexity index is 974. The minimum atomic E-state index is -0.566. The minimum absolute atomic E-state index is 0.198. The van der Waals surface area contributed by atoms with E-state index in [-0.39, 0.29) is 5.91 Å². The molecule has 0 unspecified atom stereocenters. The Hall–Kier alpha value is -3.40. The molecule has 198 valence electrons. The summed E-state index contributed by atoms with van der Waals surface area (Å²) in [5.41, 5.74) is 1.56. The molecule has 6 nitrogen and oxygen atoms in total. The lowest BCUT2D eigenvalue weighted by Crippen LogP contribution is -2.32. The zero-order valence-electron chi connectivity index (χ0n) is 22.3. The first-order valence-corrected chi connectivity index (χ1v) is 12.9. The Kier molecular flexibility index (Phi) is 13.8. The average Bonchev–Trinajstić information content (AvgIpc) is 2.91. The van der Waals surface area contributed by atoms with Gasteiger partial charge in [0, 0.05) is 31.0 Å². The molecule has 0 spiro atoms. The van der Waals surface area contributed by atoms with Gasteiger partial charge in [-0.15, -0.1) is 0 Å². The predicted octanol–water partition coefficient (Wildman–Crippen LogP) is 5.18. The van der Waals surface area contributed by atoms with Gasteiger partial charge in [-0.2, -0.15) is 0 Å². The van der Waals surface area contributed by atoms with Crippen LogP contribution in [0.2, 0.25) is 0 Å². The van der Waals surface area contributed by atoms with Gasteiger partial charge in [0.25, 0.3) is 5.91 Å². The molecule has 2 aromatic rings. The molecule has 0 saturated heterocycles. The minimum Gasteiger partial charge on any atom is -0.463 e. The van der Waals surface area contributed by atoms with E-state index in [1.54, 1.807) is 17.9 Å². The van der Waals surface area contributed by atoms with Crippen LogP contribution in [0, 0.1) is 17.3 Å². The molecule has 0 bridgehead atoms. The van der Waals surface area contributed by atoms with E-state index in [1.807, 2.05) is 74.5 Å². The molecule has 0 fully saturated rings. The van der Waals surface area contributed by atoms with Crippen molar-refractivity contribution in [3.8, 4) is 11.8 Å². The molecular weight excluding hydrogens is 466 g/mol. The van der Waals surface area contributed by atoms with Gasteiger partial charge in [-0.25, -0.2) is 4.79 Å². The van der Waals surface area contributed by atoms with E-state index in [0.717, 1.165) is 11.1 Å². The lowest BCUT2D eigenvalue weighted by molar-refractivity contribution is -0.137. The van der Waals surface area contributed by atoms with Crippen molar-refractivity contribution in [3.63, 3.8) is 0 Å². The SMILES string of the molecule is CCOC(=O)/C=C/CC(CC#CC(=O)N(CC)CC)(COCc1ccccc1)COCc1ccccc1. The molecular formula is C31H39NO5. The van der Waals surface area contributed by atoms with Crippen LogP contribution in [-0.4, -0.2) is 49.7 Å². The number of nitrogens with zero attached hydrogens (tertiary/aromatic N) is 1. The molecule has 0 aliphatic rings. The van der Waals surface area contributed by atoms with Gasteiger partial charge in [-0.3, -0.25) is 4.79 Å². The van der Waals surface area contributed by atoms with E-state index in [4.69, 9.17) is 14.2 Å². The van der Waals surface area contributed by atoms with Crippen molar-refractivity contribution < 1.29 is 23.8 Å². The Balaban J connectivity index is 2.23. The van der Waals surface area contributed by atoms with Crippen molar-refractivity contribution in [2.24, 2.45) is 5.41 Å². The Labute approximate surface area is 221 Å². The molecule has 6 heteroatoms. The van der Waals surface area contributed by atoms with E-state index < -0.39 is 11.4 Å². The average molecular weight is 506 g/mol. The highest BCUT2D eigenvalue weighted by Gasteiger charge is 2.30. The fraction of sp³-hybridized carbons (Fsp3) is 0.419. The van der Waals surface area contributed by atoms with Crippen molar-refractivity contribution >= 4 is 11.9 Å². The van der Waals surface area contributed by atoms with Gasteiger partial charge in [-0.05, 0) is 44.2 Å². The lowest BCUT2D eigenvalue weighted by Gasteiger charge is -2.31. The summed E-state index contributed by atoms with van der Waals surface area (Å²) in [4.78, 5) is 26.1. The number of rotatable bonds is 15. The molecule has 37 heavy (non-hydrogen) atoms. The summed E-state index contributed by atoms with van der Waals surface area (Å²) in [6, 6.07) is 19.9. The molecule has 0 atom stereocenters. The standard InChI is InChI=1S/C31H39NO5/c1-4-32(5-2)29(33)19-13-21-31(22-14-20-30(34)37-6-3,25-35-23-27-15-9-7-10-16-27)26-36-24-28-17-11-8-12-18-28/h7-12,14-18,20H,4-6,21-26H2,1-3H3/b20-14+. The first kappa shape index (κ1) is 29.8. The normalized spacial score (nSPS) is 11.1. The van der Waals surface area contributed by atoms with E-state index in [9.17, 15) is 9.59 Å². The highest BCUT2D eigenvalue weighted by molar-refractivity contribution is 5.93. The summed E-state index contributed by atoms with van der Waals surface area (Å²) in [5, 5.41) is 0. The maximum absolute atomic E-state index is 12.5. The lowest BCUT2D eigenvalue weighted by atomic mass is 9.82. The number of carbonyl (C=O) groups excluding carboxylic acids is 2. The van der Waals surface area contributed by atoms with Crippen LogP contribution >= 0.6 is 0 Å². The summed E-state index contributed by atoms with van der Waals surface area (Å²) in [6.45, 7) is 8.74. The second kappa shape index (κ2) is 17.1. The summed E-state index contributed by atoms with van der Waals surface area (Å²) in [7, 11) is 0. The highest BCUT2D eigenvalue weighted by Crippen LogP contribution is 2.29.